The highest BCUT2D eigenvalue weighted by Gasteiger charge is 2.25. The third-order valence-electron chi connectivity index (χ3n) is 3.62. The summed E-state index contributed by atoms with van der Waals surface area (Å²) in [6.07, 6.45) is 0.765. The van der Waals surface area contributed by atoms with Crippen LogP contribution in [0.1, 0.15) is 44.8 Å². The maximum absolute atomic E-state index is 9.73. The Bertz CT molecular complexity index is 397. The first kappa shape index (κ1) is 14.0. The number of aromatic nitrogens is 1. The summed E-state index contributed by atoms with van der Waals surface area (Å²) in [6.45, 7) is 11.6. The van der Waals surface area contributed by atoms with Gasteiger partial charge in [-0.25, -0.2) is 4.98 Å². The average Bonchev–Trinajstić information content (AvgIpc) is 2.72. The fourth-order valence-electron chi connectivity index (χ4n) is 2.28. The van der Waals surface area contributed by atoms with Gasteiger partial charge in [0.05, 0.1) is 18.3 Å². The number of rotatable bonds is 2. The van der Waals surface area contributed by atoms with Crippen LogP contribution in [0.2, 0.25) is 0 Å². The lowest BCUT2D eigenvalue weighted by Gasteiger charge is -2.33. The Balaban J connectivity index is 1.96. The first-order valence-corrected chi connectivity index (χ1v) is 7.59. The summed E-state index contributed by atoms with van der Waals surface area (Å²) in [6, 6.07) is 0. The van der Waals surface area contributed by atoms with E-state index in [2.05, 4.69) is 38.0 Å². The van der Waals surface area contributed by atoms with Crippen LogP contribution in [0.4, 0.5) is 0 Å². The Hall–Kier alpha value is -0.450. The molecule has 1 fully saturated rings. The second kappa shape index (κ2) is 5.27. The van der Waals surface area contributed by atoms with Crippen LogP contribution in [0.25, 0.3) is 0 Å². The van der Waals surface area contributed by atoms with Crippen LogP contribution in [0, 0.1) is 5.92 Å². The molecule has 0 amide bonds. The Morgan fingerprint density at radius 2 is 2.22 bits per heavy atom. The molecule has 0 aliphatic carbocycles. The molecule has 1 aliphatic heterocycles. The van der Waals surface area contributed by atoms with Crippen molar-refractivity contribution in [3.63, 3.8) is 0 Å². The molecule has 0 radical (unpaired) electrons. The highest BCUT2D eigenvalue weighted by Crippen LogP contribution is 2.25. The van der Waals surface area contributed by atoms with Gasteiger partial charge in [0.15, 0.2) is 0 Å². The lowest BCUT2D eigenvalue weighted by molar-refractivity contribution is 0.0320. The topological polar surface area (TPSA) is 36.4 Å². The Kier molecular flexibility index (Phi) is 4.09. The summed E-state index contributed by atoms with van der Waals surface area (Å²) in [7, 11) is 0. The largest absolute Gasteiger partial charge is 0.393 e. The Morgan fingerprint density at radius 1 is 1.50 bits per heavy atom. The molecule has 1 aromatic rings. The van der Waals surface area contributed by atoms with Gasteiger partial charge in [-0.05, 0) is 12.3 Å². The normalized spacial score (nSPS) is 26.5. The molecule has 102 valence electrons. The summed E-state index contributed by atoms with van der Waals surface area (Å²) in [4.78, 5) is 7.14. The lowest BCUT2D eigenvalue weighted by Crippen LogP contribution is -2.41. The first-order chi connectivity index (χ1) is 8.36. The maximum Gasteiger partial charge on any atom is 0.107 e. The lowest BCUT2D eigenvalue weighted by atomic mass is 9.93. The summed E-state index contributed by atoms with van der Waals surface area (Å²) in [5.74, 6) is 0.376. The van der Waals surface area contributed by atoms with Crippen molar-refractivity contribution in [2.45, 2.75) is 52.2 Å². The number of thiazole rings is 1. The van der Waals surface area contributed by atoms with Crippen molar-refractivity contribution in [3.8, 4) is 0 Å². The second-order valence-corrected chi connectivity index (χ2v) is 7.39. The van der Waals surface area contributed by atoms with E-state index in [1.54, 1.807) is 11.3 Å². The van der Waals surface area contributed by atoms with Crippen molar-refractivity contribution < 1.29 is 5.11 Å². The average molecular weight is 268 g/mol. The van der Waals surface area contributed by atoms with Gasteiger partial charge in [0, 0.05) is 23.9 Å². The number of aliphatic hydroxyl groups is 1. The quantitative estimate of drug-likeness (QED) is 0.896. The minimum atomic E-state index is -0.123. The third kappa shape index (κ3) is 3.31. The Labute approximate surface area is 114 Å². The maximum atomic E-state index is 9.73. The van der Waals surface area contributed by atoms with Crippen molar-refractivity contribution >= 4 is 11.3 Å². The van der Waals surface area contributed by atoms with Gasteiger partial charge < -0.3 is 5.11 Å². The van der Waals surface area contributed by atoms with Crippen molar-refractivity contribution in [3.05, 3.63) is 16.1 Å². The minimum absolute atomic E-state index is 0.123. The van der Waals surface area contributed by atoms with Gasteiger partial charge in [0.2, 0.25) is 0 Å². The summed E-state index contributed by atoms with van der Waals surface area (Å²) in [5, 5.41) is 13.1. The fourth-order valence-corrected chi connectivity index (χ4v) is 3.34. The molecule has 0 bridgehead atoms. The number of hydrogen-bond donors (Lipinski definition) is 1. The van der Waals surface area contributed by atoms with E-state index in [0.717, 1.165) is 26.1 Å². The zero-order valence-corrected chi connectivity index (χ0v) is 12.6. The van der Waals surface area contributed by atoms with Gasteiger partial charge in [0.25, 0.3) is 0 Å². The number of piperidine rings is 1. The molecule has 0 aromatic carbocycles. The van der Waals surface area contributed by atoms with Gasteiger partial charge in [0.1, 0.15) is 5.01 Å². The first-order valence-electron chi connectivity index (χ1n) is 6.71. The van der Waals surface area contributed by atoms with Crippen molar-refractivity contribution in [1.29, 1.82) is 0 Å². The van der Waals surface area contributed by atoms with Crippen LogP contribution in [0.3, 0.4) is 0 Å². The highest BCUT2D eigenvalue weighted by atomic mass is 32.1. The van der Waals surface area contributed by atoms with Crippen LogP contribution in [0.15, 0.2) is 5.38 Å². The van der Waals surface area contributed by atoms with E-state index in [9.17, 15) is 5.11 Å². The predicted octanol–water partition coefficient (Wildman–Crippen LogP) is 2.64. The number of hydrogen-bond acceptors (Lipinski definition) is 4. The Morgan fingerprint density at radius 3 is 2.78 bits per heavy atom. The van der Waals surface area contributed by atoms with Crippen molar-refractivity contribution in [2.75, 3.05) is 13.1 Å². The molecule has 3 nitrogen and oxygen atoms in total. The second-order valence-electron chi connectivity index (χ2n) is 6.44. The van der Waals surface area contributed by atoms with Crippen LogP contribution < -0.4 is 0 Å². The smallest absolute Gasteiger partial charge is 0.107 e. The molecule has 2 unspecified atom stereocenters. The minimum Gasteiger partial charge on any atom is -0.393 e. The van der Waals surface area contributed by atoms with E-state index >= 15 is 0 Å². The summed E-state index contributed by atoms with van der Waals surface area (Å²) < 4.78 is 0. The molecule has 2 rings (SSSR count). The number of aliphatic hydroxyl groups excluding tert-OH is 1. The summed E-state index contributed by atoms with van der Waals surface area (Å²) in [5.41, 5.74) is 1.33. The predicted molar refractivity (Wildman–Crippen MR) is 75.9 cm³/mol. The van der Waals surface area contributed by atoms with E-state index < -0.39 is 0 Å². The molecule has 1 saturated heterocycles. The van der Waals surface area contributed by atoms with Crippen molar-refractivity contribution in [2.24, 2.45) is 5.92 Å². The fraction of sp³-hybridized carbons (Fsp3) is 0.786. The van der Waals surface area contributed by atoms with E-state index in [1.165, 1.54) is 10.7 Å². The van der Waals surface area contributed by atoms with Gasteiger partial charge in [-0.15, -0.1) is 11.3 Å². The molecule has 1 aromatic heterocycles. The zero-order chi connectivity index (χ0) is 13.3. The standard InChI is InChI=1S/C14H24N2OS/c1-10-7-16(6-5-11(10)17)8-13-15-12(9-18-13)14(2,3)4/h9-11,17H,5-8H2,1-4H3. The zero-order valence-electron chi connectivity index (χ0n) is 11.8. The molecule has 0 spiro atoms. The molecule has 1 aliphatic rings. The van der Waals surface area contributed by atoms with Crippen LogP contribution >= 0.6 is 11.3 Å². The van der Waals surface area contributed by atoms with Gasteiger partial charge >= 0.3 is 0 Å². The third-order valence-corrected chi connectivity index (χ3v) is 4.46. The SMILES string of the molecule is CC1CN(Cc2nc(C(C)(C)C)cs2)CCC1O. The van der Waals surface area contributed by atoms with Gasteiger partial charge in [-0.3, -0.25) is 4.90 Å². The van der Waals surface area contributed by atoms with E-state index in [4.69, 9.17) is 4.98 Å². The van der Waals surface area contributed by atoms with Crippen LogP contribution in [-0.2, 0) is 12.0 Å². The molecular weight excluding hydrogens is 244 g/mol. The van der Waals surface area contributed by atoms with Crippen LogP contribution in [0.5, 0.6) is 0 Å². The van der Waals surface area contributed by atoms with E-state index in [1.807, 2.05) is 0 Å². The molecule has 2 heterocycles. The molecular formula is C14H24N2OS. The molecule has 0 saturated carbocycles. The molecule has 2 atom stereocenters. The van der Waals surface area contributed by atoms with Crippen molar-refractivity contribution in [1.82, 2.24) is 9.88 Å². The molecule has 1 N–H and O–H groups in total. The number of nitrogens with zero attached hydrogens (tertiary/aromatic N) is 2. The monoisotopic (exact) mass is 268 g/mol. The highest BCUT2D eigenvalue weighted by molar-refractivity contribution is 7.09. The number of likely N-dealkylation sites (tertiary alicyclic amines) is 1. The molecule has 4 heteroatoms. The molecule has 18 heavy (non-hydrogen) atoms. The van der Waals surface area contributed by atoms with Crippen LogP contribution in [-0.4, -0.2) is 34.2 Å². The van der Waals surface area contributed by atoms with E-state index in [-0.39, 0.29) is 11.5 Å². The van der Waals surface area contributed by atoms with E-state index in [0.29, 0.717) is 5.92 Å². The van der Waals surface area contributed by atoms with Gasteiger partial charge in [-0.2, -0.15) is 0 Å². The van der Waals surface area contributed by atoms with Gasteiger partial charge in [-0.1, -0.05) is 27.7 Å². The summed E-state index contributed by atoms with van der Waals surface area (Å²) >= 11 is 1.76.